The van der Waals surface area contributed by atoms with Crippen molar-refractivity contribution >= 4 is 43.2 Å². The molecule has 0 aromatic heterocycles. The fraction of sp³-hybridized carbons (Fsp3) is 0. The Hall–Kier alpha value is -1.93. The van der Waals surface area contributed by atoms with E-state index in [1.54, 1.807) is 0 Å². The summed E-state index contributed by atoms with van der Waals surface area (Å²) >= 11 is 0. The Labute approximate surface area is 107 Å². The van der Waals surface area contributed by atoms with Crippen LogP contribution in [-0.2, 0) is 10.8 Å². The number of rotatable bonds is 0. The summed E-state index contributed by atoms with van der Waals surface area (Å²) in [4.78, 5) is 0. The molecule has 18 heavy (non-hydrogen) atoms. The topological polar surface area (TPSA) is 17.1 Å². The van der Waals surface area contributed by atoms with Gasteiger partial charge in [0.25, 0.3) is 0 Å². The summed E-state index contributed by atoms with van der Waals surface area (Å²) < 4.78 is 11.6. The Bertz CT molecular complexity index is 938. The first-order valence-electron chi connectivity index (χ1n) is 5.86. The Kier molecular flexibility index (Phi) is 1.97. The van der Waals surface area contributed by atoms with E-state index in [0.29, 0.717) is 0 Å². The number of hydrogen-bond donors (Lipinski definition) is 0. The molecule has 1 unspecified atom stereocenters. The van der Waals surface area contributed by atoms with Gasteiger partial charge in [-0.3, -0.25) is 4.21 Å². The van der Waals surface area contributed by atoms with Gasteiger partial charge in [-0.2, -0.15) is 0 Å². The summed E-state index contributed by atoms with van der Waals surface area (Å²) in [5, 5.41) is 10.7. The van der Waals surface area contributed by atoms with E-state index in [0.717, 1.165) is 10.4 Å². The lowest BCUT2D eigenvalue weighted by Crippen LogP contribution is -2.21. The third kappa shape index (κ3) is 1.36. The average molecular weight is 250 g/mol. The van der Waals surface area contributed by atoms with Crippen LogP contribution in [0.4, 0.5) is 0 Å². The predicted octanol–water partition coefficient (Wildman–Crippen LogP) is 2.23. The minimum absolute atomic E-state index is 0.959. The highest BCUT2D eigenvalue weighted by Crippen LogP contribution is 2.20. The molecule has 2 heteroatoms. The van der Waals surface area contributed by atoms with Crippen LogP contribution in [0.5, 0.6) is 0 Å². The Morgan fingerprint density at radius 3 is 2.39 bits per heavy atom. The summed E-state index contributed by atoms with van der Waals surface area (Å²) in [6.45, 7) is 0. The van der Waals surface area contributed by atoms with Gasteiger partial charge >= 0.3 is 0 Å². The molecule has 1 heterocycles. The smallest absolute Gasteiger partial charge is 0.0715 e. The van der Waals surface area contributed by atoms with Gasteiger partial charge in [-0.15, -0.1) is 0 Å². The molecule has 0 N–H and O–H groups in total. The quantitative estimate of drug-likeness (QED) is 0.559. The first kappa shape index (κ1) is 10.0. The first-order valence-corrected chi connectivity index (χ1v) is 7.13. The van der Waals surface area contributed by atoms with Crippen LogP contribution in [-0.4, -0.2) is 4.21 Å². The van der Waals surface area contributed by atoms with Crippen molar-refractivity contribution in [1.29, 1.82) is 0 Å². The number of fused-ring (bicyclic) bond motifs is 4. The molecular formula is C16H10OS. The SMILES string of the molecule is O=S1C=c2ccc3cc4ccccc4cc3c2=C1. The van der Waals surface area contributed by atoms with Crippen molar-refractivity contribution in [2.75, 3.05) is 0 Å². The molecule has 1 aliphatic rings. The highest BCUT2D eigenvalue weighted by atomic mass is 32.2. The monoisotopic (exact) mass is 250 g/mol. The number of benzene rings is 3. The predicted molar refractivity (Wildman–Crippen MR) is 77.8 cm³/mol. The maximum atomic E-state index is 11.6. The zero-order chi connectivity index (χ0) is 12.1. The van der Waals surface area contributed by atoms with Gasteiger partial charge in [-0.1, -0.05) is 36.4 Å². The van der Waals surface area contributed by atoms with Gasteiger partial charge in [0.15, 0.2) is 0 Å². The molecule has 0 radical (unpaired) electrons. The largest absolute Gasteiger partial charge is 0.250 e. The van der Waals surface area contributed by atoms with Crippen LogP contribution in [0.1, 0.15) is 0 Å². The molecule has 0 saturated heterocycles. The molecule has 1 atom stereocenters. The van der Waals surface area contributed by atoms with Gasteiger partial charge < -0.3 is 0 Å². The molecule has 0 bridgehead atoms. The van der Waals surface area contributed by atoms with Crippen LogP contribution in [0, 0.1) is 0 Å². The van der Waals surface area contributed by atoms with Crippen molar-refractivity contribution in [1.82, 2.24) is 0 Å². The van der Waals surface area contributed by atoms with Gasteiger partial charge in [0.1, 0.15) is 0 Å². The first-order chi connectivity index (χ1) is 8.81. The Morgan fingerprint density at radius 2 is 1.56 bits per heavy atom. The summed E-state index contributed by atoms with van der Waals surface area (Å²) in [6.07, 6.45) is 0. The second-order valence-corrected chi connectivity index (χ2v) is 5.68. The van der Waals surface area contributed by atoms with E-state index in [-0.39, 0.29) is 0 Å². The lowest BCUT2D eigenvalue weighted by atomic mass is 10.0. The molecule has 4 rings (SSSR count). The number of hydrogen-bond acceptors (Lipinski definition) is 1. The maximum Gasteiger partial charge on any atom is 0.0715 e. The van der Waals surface area contributed by atoms with E-state index < -0.39 is 10.8 Å². The maximum absolute atomic E-state index is 11.6. The van der Waals surface area contributed by atoms with E-state index in [2.05, 4.69) is 36.4 Å². The van der Waals surface area contributed by atoms with E-state index in [4.69, 9.17) is 0 Å². The van der Waals surface area contributed by atoms with Gasteiger partial charge in [0.2, 0.25) is 0 Å². The van der Waals surface area contributed by atoms with E-state index in [1.165, 1.54) is 21.5 Å². The fourth-order valence-electron chi connectivity index (χ4n) is 2.56. The molecule has 0 saturated carbocycles. The van der Waals surface area contributed by atoms with Crippen LogP contribution < -0.4 is 10.4 Å². The highest BCUT2D eigenvalue weighted by molar-refractivity contribution is 8.00. The van der Waals surface area contributed by atoms with Crippen molar-refractivity contribution in [3.05, 3.63) is 59.0 Å². The van der Waals surface area contributed by atoms with Crippen molar-refractivity contribution in [3.8, 4) is 0 Å². The normalized spacial score (nSPS) is 17.4. The average Bonchev–Trinajstić information content (AvgIpc) is 2.77. The van der Waals surface area contributed by atoms with Crippen LogP contribution in [0.15, 0.2) is 48.5 Å². The zero-order valence-electron chi connectivity index (χ0n) is 9.59. The molecule has 1 aliphatic heterocycles. The van der Waals surface area contributed by atoms with Crippen molar-refractivity contribution in [3.63, 3.8) is 0 Å². The minimum atomic E-state index is -0.959. The molecule has 0 fully saturated rings. The Morgan fingerprint density at radius 1 is 0.778 bits per heavy atom. The van der Waals surface area contributed by atoms with Gasteiger partial charge in [-0.25, -0.2) is 0 Å². The molecule has 0 aliphatic carbocycles. The summed E-state index contributed by atoms with van der Waals surface area (Å²) in [7, 11) is -0.959. The van der Waals surface area contributed by atoms with E-state index >= 15 is 0 Å². The lowest BCUT2D eigenvalue weighted by Gasteiger charge is -2.02. The molecular weight excluding hydrogens is 240 g/mol. The van der Waals surface area contributed by atoms with Crippen molar-refractivity contribution in [2.45, 2.75) is 0 Å². The van der Waals surface area contributed by atoms with Crippen molar-refractivity contribution < 1.29 is 4.21 Å². The van der Waals surface area contributed by atoms with Crippen LogP contribution in [0.3, 0.4) is 0 Å². The fourth-order valence-corrected chi connectivity index (χ4v) is 3.58. The van der Waals surface area contributed by atoms with Crippen LogP contribution in [0.25, 0.3) is 32.4 Å². The molecule has 0 amide bonds. The van der Waals surface area contributed by atoms with E-state index in [1.807, 2.05) is 22.9 Å². The molecule has 0 spiro atoms. The molecule has 1 nitrogen and oxygen atoms in total. The lowest BCUT2D eigenvalue weighted by molar-refractivity contribution is 0.695. The Balaban J connectivity index is 2.29. The van der Waals surface area contributed by atoms with Gasteiger partial charge in [0.05, 0.1) is 10.8 Å². The standard InChI is InChI=1S/C16H10OS/c17-18-9-14-6-5-13-7-11-3-1-2-4-12(11)8-15(13)16(14)10-18/h1-10H. The third-order valence-electron chi connectivity index (χ3n) is 3.44. The van der Waals surface area contributed by atoms with Crippen LogP contribution >= 0.6 is 0 Å². The zero-order valence-corrected chi connectivity index (χ0v) is 10.4. The second-order valence-electron chi connectivity index (χ2n) is 4.55. The summed E-state index contributed by atoms with van der Waals surface area (Å²) in [5.74, 6) is 0. The highest BCUT2D eigenvalue weighted by Gasteiger charge is 2.05. The van der Waals surface area contributed by atoms with E-state index in [9.17, 15) is 4.21 Å². The molecule has 3 aromatic carbocycles. The summed E-state index contributed by atoms with van der Waals surface area (Å²) in [6, 6.07) is 16.9. The van der Waals surface area contributed by atoms with Gasteiger partial charge in [-0.05, 0) is 44.1 Å². The summed E-state index contributed by atoms with van der Waals surface area (Å²) in [5.41, 5.74) is 0. The van der Waals surface area contributed by atoms with Crippen molar-refractivity contribution in [2.24, 2.45) is 0 Å². The van der Waals surface area contributed by atoms with Gasteiger partial charge in [0, 0.05) is 10.8 Å². The van der Waals surface area contributed by atoms with Crippen LogP contribution in [0.2, 0.25) is 0 Å². The molecule has 86 valence electrons. The minimum Gasteiger partial charge on any atom is -0.250 e. The molecule has 3 aromatic rings. The third-order valence-corrected chi connectivity index (χ3v) is 4.39. The second kappa shape index (κ2) is 3.53.